The van der Waals surface area contributed by atoms with Crippen molar-refractivity contribution in [3.8, 4) is 0 Å². The number of aromatic nitrogens is 1. The first-order valence-electron chi connectivity index (χ1n) is 5.62. The van der Waals surface area contributed by atoms with Crippen LogP contribution in [0.2, 0.25) is 0 Å². The summed E-state index contributed by atoms with van der Waals surface area (Å²) >= 11 is 7.14. The summed E-state index contributed by atoms with van der Waals surface area (Å²) in [5.74, 6) is 1.23. The van der Waals surface area contributed by atoms with Gasteiger partial charge in [-0.25, -0.2) is 0 Å². The van der Waals surface area contributed by atoms with E-state index in [2.05, 4.69) is 45.3 Å². The minimum Gasteiger partial charge on any atom is -0.308 e. The second-order valence-corrected chi connectivity index (χ2v) is 7.85. The molecule has 0 amide bonds. The molecule has 3 unspecified atom stereocenters. The normalized spacial score (nSPS) is 28.7. The zero-order valence-electron chi connectivity index (χ0n) is 9.39. The third kappa shape index (κ3) is 2.21. The summed E-state index contributed by atoms with van der Waals surface area (Å²) in [6, 6.07) is 4.80. The van der Waals surface area contributed by atoms with E-state index in [1.807, 2.05) is 23.0 Å². The maximum Gasteiger partial charge on any atom is 0.0794 e. The molecule has 3 heterocycles. The molecule has 0 aromatic carbocycles. The van der Waals surface area contributed by atoms with Crippen LogP contribution >= 0.6 is 38.6 Å². The molecule has 1 saturated heterocycles. The van der Waals surface area contributed by atoms with Crippen molar-refractivity contribution in [2.75, 3.05) is 6.54 Å². The van der Waals surface area contributed by atoms with Gasteiger partial charge in [-0.3, -0.25) is 4.98 Å². The Balaban J connectivity index is 1.94. The maximum atomic E-state index is 4.22. The molecule has 3 atom stereocenters. The highest BCUT2D eigenvalue weighted by atomic mass is 79.9. The van der Waals surface area contributed by atoms with Gasteiger partial charge in [0, 0.05) is 27.9 Å². The topological polar surface area (TPSA) is 24.9 Å². The first-order chi connectivity index (χ1) is 8.25. The van der Waals surface area contributed by atoms with Gasteiger partial charge in [0.2, 0.25) is 0 Å². The van der Waals surface area contributed by atoms with Crippen LogP contribution in [0.3, 0.4) is 0 Å². The fourth-order valence-electron chi connectivity index (χ4n) is 2.50. The smallest absolute Gasteiger partial charge is 0.0794 e. The average molecular weight is 329 g/mol. The van der Waals surface area contributed by atoms with E-state index in [1.165, 1.54) is 13.5 Å². The zero-order chi connectivity index (χ0) is 11.8. The highest BCUT2D eigenvalue weighted by Crippen LogP contribution is 2.44. The first-order valence-corrected chi connectivity index (χ1v) is 8.11. The summed E-state index contributed by atoms with van der Waals surface area (Å²) in [4.78, 5) is 7.04. The molecule has 17 heavy (non-hydrogen) atoms. The molecule has 0 radical (unpaired) electrons. The van der Waals surface area contributed by atoms with Crippen LogP contribution in [0, 0.1) is 5.92 Å². The summed E-state index contributed by atoms with van der Waals surface area (Å²) in [7, 11) is 0. The van der Waals surface area contributed by atoms with Gasteiger partial charge in [0.15, 0.2) is 0 Å². The maximum absolute atomic E-state index is 4.22. The highest BCUT2D eigenvalue weighted by molar-refractivity contribution is 9.11. The lowest BCUT2D eigenvalue weighted by Crippen LogP contribution is -2.15. The molecule has 2 aromatic rings. The van der Waals surface area contributed by atoms with E-state index in [0.717, 1.165) is 6.54 Å². The molecule has 0 bridgehead atoms. The quantitative estimate of drug-likeness (QED) is 0.900. The molecule has 1 aliphatic heterocycles. The Hall–Kier alpha value is -0.230. The van der Waals surface area contributed by atoms with E-state index in [-0.39, 0.29) is 0 Å². The number of hydrogen-bond acceptors (Lipinski definition) is 4. The van der Waals surface area contributed by atoms with Gasteiger partial charge in [0.05, 0.1) is 9.30 Å². The van der Waals surface area contributed by atoms with Crippen LogP contribution in [0.25, 0.3) is 0 Å². The van der Waals surface area contributed by atoms with Crippen LogP contribution < -0.4 is 5.32 Å². The molecule has 1 N–H and O–H groups in total. The van der Waals surface area contributed by atoms with Crippen molar-refractivity contribution >= 4 is 38.6 Å². The van der Waals surface area contributed by atoms with Gasteiger partial charge in [-0.2, -0.15) is 0 Å². The monoisotopic (exact) mass is 328 g/mol. The third-order valence-electron chi connectivity index (χ3n) is 3.31. The lowest BCUT2D eigenvalue weighted by molar-refractivity contribution is 0.522. The SMILES string of the molecule is CC1CNC(c2ccc(Br)s2)C1c1cncs1. The average Bonchev–Trinajstić information content (AvgIpc) is 2.97. The van der Waals surface area contributed by atoms with E-state index in [4.69, 9.17) is 0 Å². The van der Waals surface area contributed by atoms with Gasteiger partial charge < -0.3 is 5.32 Å². The number of nitrogens with one attached hydrogen (secondary N) is 1. The number of hydrogen-bond donors (Lipinski definition) is 1. The largest absolute Gasteiger partial charge is 0.308 e. The summed E-state index contributed by atoms with van der Waals surface area (Å²) in [5.41, 5.74) is 1.93. The van der Waals surface area contributed by atoms with Crippen LogP contribution in [-0.2, 0) is 0 Å². The molecule has 1 aliphatic rings. The molecule has 2 aromatic heterocycles. The van der Waals surface area contributed by atoms with E-state index < -0.39 is 0 Å². The van der Waals surface area contributed by atoms with E-state index in [0.29, 0.717) is 17.9 Å². The predicted molar refractivity (Wildman–Crippen MR) is 76.8 cm³/mol. The lowest BCUT2D eigenvalue weighted by atomic mass is 9.90. The van der Waals surface area contributed by atoms with Crippen molar-refractivity contribution in [2.45, 2.75) is 18.9 Å². The molecule has 0 spiro atoms. The Kier molecular flexibility index (Phi) is 3.34. The minimum atomic E-state index is 0.446. The second-order valence-electron chi connectivity index (χ2n) is 4.43. The Morgan fingerprint density at radius 3 is 2.94 bits per heavy atom. The van der Waals surface area contributed by atoms with Crippen molar-refractivity contribution in [3.63, 3.8) is 0 Å². The Morgan fingerprint density at radius 1 is 1.41 bits per heavy atom. The van der Waals surface area contributed by atoms with Gasteiger partial charge in [-0.15, -0.1) is 22.7 Å². The van der Waals surface area contributed by atoms with Gasteiger partial charge in [0.1, 0.15) is 0 Å². The van der Waals surface area contributed by atoms with Gasteiger partial charge in [0.25, 0.3) is 0 Å². The Morgan fingerprint density at radius 2 is 2.29 bits per heavy atom. The van der Waals surface area contributed by atoms with Crippen LogP contribution in [0.4, 0.5) is 0 Å². The number of halogens is 1. The molecular weight excluding hydrogens is 316 g/mol. The molecular formula is C12H13BrN2S2. The Labute approximate surface area is 117 Å². The zero-order valence-corrected chi connectivity index (χ0v) is 12.6. The number of thiazole rings is 1. The van der Waals surface area contributed by atoms with Crippen molar-refractivity contribution in [1.29, 1.82) is 0 Å². The standard InChI is InChI=1S/C12H13BrN2S2/c1-7-4-15-12(8-2-3-10(13)17-8)11(7)9-5-14-6-16-9/h2-3,5-7,11-12,15H,4H2,1H3. The van der Waals surface area contributed by atoms with E-state index in [1.54, 1.807) is 11.3 Å². The molecule has 0 aliphatic carbocycles. The summed E-state index contributed by atoms with van der Waals surface area (Å²) in [6.45, 7) is 3.41. The second kappa shape index (κ2) is 4.80. The first kappa shape index (κ1) is 11.8. The third-order valence-corrected chi connectivity index (χ3v) is 5.90. The Bertz CT molecular complexity index is 494. The van der Waals surface area contributed by atoms with Crippen molar-refractivity contribution in [3.05, 3.63) is 37.4 Å². The van der Waals surface area contributed by atoms with Crippen LogP contribution in [0.15, 0.2) is 27.6 Å². The van der Waals surface area contributed by atoms with Crippen molar-refractivity contribution in [1.82, 2.24) is 10.3 Å². The summed E-state index contributed by atoms with van der Waals surface area (Å²) in [6.07, 6.45) is 2.02. The van der Waals surface area contributed by atoms with Crippen LogP contribution in [0.1, 0.15) is 28.6 Å². The molecule has 5 heteroatoms. The lowest BCUT2D eigenvalue weighted by Gasteiger charge is -2.19. The van der Waals surface area contributed by atoms with E-state index in [9.17, 15) is 0 Å². The van der Waals surface area contributed by atoms with Gasteiger partial charge >= 0.3 is 0 Å². The fourth-order valence-corrected chi connectivity index (χ4v) is 4.94. The van der Waals surface area contributed by atoms with Gasteiger partial charge in [-0.1, -0.05) is 6.92 Å². The number of rotatable bonds is 2. The van der Waals surface area contributed by atoms with Crippen molar-refractivity contribution in [2.24, 2.45) is 5.92 Å². The molecule has 90 valence electrons. The van der Waals surface area contributed by atoms with E-state index >= 15 is 0 Å². The summed E-state index contributed by atoms with van der Waals surface area (Å²) < 4.78 is 1.21. The number of thiophene rings is 1. The van der Waals surface area contributed by atoms with Gasteiger partial charge in [-0.05, 0) is 40.5 Å². The minimum absolute atomic E-state index is 0.446. The molecule has 1 fully saturated rings. The molecule has 3 rings (SSSR count). The number of nitrogens with zero attached hydrogens (tertiary/aromatic N) is 1. The van der Waals surface area contributed by atoms with Crippen LogP contribution in [-0.4, -0.2) is 11.5 Å². The highest BCUT2D eigenvalue weighted by Gasteiger charge is 2.36. The summed E-state index contributed by atoms with van der Waals surface area (Å²) in [5, 5.41) is 3.64. The van der Waals surface area contributed by atoms with Crippen molar-refractivity contribution < 1.29 is 0 Å². The predicted octanol–water partition coefficient (Wildman–Crippen LogP) is 4.03. The fraction of sp³-hybridized carbons (Fsp3) is 0.417. The molecule has 0 saturated carbocycles. The van der Waals surface area contributed by atoms with Crippen LogP contribution in [0.5, 0.6) is 0 Å². The molecule has 2 nitrogen and oxygen atoms in total.